The summed E-state index contributed by atoms with van der Waals surface area (Å²) in [5.74, 6) is -0.289. The molecule has 43 heavy (non-hydrogen) atoms. The molecule has 1 N–H and O–H groups in total. The van der Waals surface area contributed by atoms with Gasteiger partial charge in [-0.05, 0) is 82.2 Å². The highest BCUT2D eigenvalue weighted by molar-refractivity contribution is 14.1. The third-order valence-electron chi connectivity index (χ3n) is 8.10. The third-order valence-corrected chi connectivity index (χ3v) is 10.9. The predicted octanol–water partition coefficient (Wildman–Crippen LogP) is 8.10. The van der Waals surface area contributed by atoms with Crippen molar-refractivity contribution in [3.8, 4) is 5.75 Å². The molecule has 0 unspecified atom stereocenters. The highest BCUT2D eigenvalue weighted by Gasteiger charge is 2.63. The van der Waals surface area contributed by atoms with Crippen molar-refractivity contribution in [1.29, 1.82) is 0 Å². The summed E-state index contributed by atoms with van der Waals surface area (Å²) in [6.45, 7) is 11.6. The largest absolute Gasteiger partial charge is 0.489 e. The first-order valence-electron chi connectivity index (χ1n) is 14.2. The van der Waals surface area contributed by atoms with Crippen LogP contribution in [-0.2, 0) is 19.7 Å². The number of hydrogen-bond acceptors (Lipinski definition) is 4. The Morgan fingerprint density at radius 1 is 1.09 bits per heavy atom. The topological polar surface area (TPSA) is 67.9 Å². The Morgan fingerprint density at radius 3 is 2.58 bits per heavy atom. The highest BCUT2D eigenvalue weighted by Crippen LogP contribution is 2.60. The molecule has 2 aliphatic heterocycles. The number of rotatable bonds is 10. The van der Waals surface area contributed by atoms with Gasteiger partial charge in [-0.3, -0.25) is 14.5 Å². The Balaban J connectivity index is 1.74. The summed E-state index contributed by atoms with van der Waals surface area (Å²) in [7, 11) is -1.35. The van der Waals surface area contributed by atoms with E-state index in [-0.39, 0.29) is 31.6 Å². The van der Waals surface area contributed by atoms with E-state index in [1.807, 2.05) is 48.5 Å². The number of amides is 2. The lowest BCUT2D eigenvalue weighted by Crippen LogP contribution is -2.58. The zero-order chi connectivity index (χ0) is 30.9. The van der Waals surface area contributed by atoms with Crippen LogP contribution < -0.4 is 15.0 Å². The van der Waals surface area contributed by atoms with Crippen LogP contribution in [0.5, 0.6) is 5.75 Å². The fraction of sp³-hybridized carbons (Fsp3) is 0.333. The minimum atomic E-state index is -1.35. The van der Waals surface area contributed by atoms with Gasteiger partial charge in [0.1, 0.15) is 24.5 Å². The number of carbonyl (C=O) groups excluding carboxylic acids is 2. The molecular formula is C33H35Cl2IN2O4Si. The van der Waals surface area contributed by atoms with Gasteiger partial charge in [0.15, 0.2) is 0 Å². The molecule has 0 bridgehead atoms. The van der Waals surface area contributed by atoms with Crippen LogP contribution in [0.2, 0.25) is 35.7 Å². The van der Waals surface area contributed by atoms with Gasteiger partial charge >= 0.3 is 0 Å². The Kier molecular flexibility index (Phi) is 9.63. The molecule has 0 radical (unpaired) electrons. The number of ether oxygens (including phenoxy) is 2. The summed E-state index contributed by atoms with van der Waals surface area (Å²) < 4.78 is 13.2. The Hall–Kier alpha value is -2.37. The van der Waals surface area contributed by atoms with E-state index in [4.69, 9.17) is 32.7 Å². The van der Waals surface area contributed by atoms with E-state index in [2.05, 4.69) is 54.1 Å². The second-order valence-corrected chi connectivity index (χ2v) is 19.9. The second kappa shape index (κ2) is 12.9. The maximum Gasteiger partial charge on any atom is 0.242 e. The molecule has 0 aromatic heterocycles. The number of carbonyl (C=O) groups is 2. The first-order chi connectivity index (χ1) is 20.5. The number of piperidine rings is 1. The van der Waals surface area contributed by atoms with Gasteiger partial charge in [-0.1, -0.05) is 73.7 Å². The Morgan fingerprint density at radius 2 is 1.86 bits per heavy atom. The highest BCUT2D eigenvalue weighted by atomic mass is 127. The van der Waals surface area contributed by atoms with Crippen molar-refractivity contribution in [3.63, 3.8) is 0 Å². The van der Waals surface area contributed by atoms with Crippen LogP contribution >= 0.6 is 45.8 Å². The molecule has 226 valence electrons. The predicted molar refractivity (Wildman–Crippen MR) is 184 cm³/mol. The van der Waals surface area contributed by atoms with Crippen LogP contribution in [0, 0.1) is 3.57 Å². The van der Waals surface area contributed by atoms with Crippen molar-refractivity contribution in [1.82, 2.24) is 5.32 Å². The summed E-state index contributed by atoms with van der Waals surface area (Å²) in [6.07, 6.45) is 1.77. The molecule has 1 spiro atoms. The molecule has 1 saturated heterocycles. The van der Waals surface area contributed by atoms with Gasteiger partial charge in [-0.2, -0.15) is 0 Å². The van der Waals surface area contributed by atoms with E-state index < -0.39 is 25.4 Å². The monoisotopic (exact) mass is 748 g/mol. The fourth-order valence-corrected chi connectivity index (χ4v) is 7.77. The zero-order valence-electron chi connectivity index (χ0n) is 24.5. The lowest BCUT2D eigenvalue weighted by Gasteiger charge is -2.47. The molecule has 1 fully saturated rings. The molecule has 2 heterocycles. The molecule has 0 aliphatic carbocycles. The van der Waals surface area contributed by atoms with E-state index in [9.17, 15) is 4.79 Å². The Bertz CT molecular complexity index is 1560. The number of benzene rings is 3. The molecule has 10 heteroatoms. The summed E-state index contributed by atoms with van der Waals surface area (Å²) in [6, 6.07) is 19.0. The van der Waals surface area contributed by atoms with Crippen LogP contribution in [0.1, 0.15) is 35.1 Å². The van der Waals surface area contributed by atoms with Crippen molar-refractivity contribution in [2.75, 3.05) is 24.8 Å². The minimum absolute atomic E-state index is 0.0769. The number of fused-ring (bicyclic) bond motifs is 2. The fourth-order valence-electron chi connectivity index (χ4n) is 6.14. The van der Waals surface area contributed by atoms with Gasteiger partial charge in [0, 0.05) is 46.2 Å². The summed E-state index contributed by atoms with van der Waals surface area (Å²) in [5, 5.41) is 4.27. The number of nitrogens with zero attached hydrogens (tertiary/aromatic N) is 1. The van der Waals surface area contributed by atoms with Crippen molar-refractivity contribution in [2.45, 2.75) is 49.5 Å². The van der Waals surface area contributed by atoms with E-state index in [0.29, 0.717) is 33.7 Å². The van der Waals surface area contributed by atoms with Gasteiger partial charge in [0.05, 0.1) is 11.7 Å². The number of anilines is 1. The van der Waals surface area contributed by atoms with Gasteiger partial charge in [0.25, 0.3) is 0 Å². The van der Waals surface area contributed by atoms with E-state index >= 15 is 4.79 Å². The third kappa shape index (κ3) is 6.40. The van der Waals surface area contributed by atoms with E-state index in [1.54, 1.807) is 23.1 Å². The first-order valence-corrected chi connectivity index (χ1v) is 19.8. The average Bonchev–Trinajstić information content (AvgIpc) is 3.18. The number of nitrogens with one attached hydrogen (secondary N) is 1. The molecule has 3 atom stereocenters. The number of halogens is 3. The molecule has 3 aromatic rings. The van der Waals surface area contributed by atoms with Crippen LogP contribution in [0.4, 0.5) is 5.69 Å². The summed E-state index contributed by atoms with van der Waals surface area (Å²) in [5.41, 5.74) is 1.74. The molecule has 2 aliphatic rings. The second-order valence-electron chi connectivity index (χ2n) is 12.2. The van der Waals surface area contributed by atoms with E-state index in [1.165, 1.54) is 0 Å². The molecule has 0 saturated carbocycles. The molecular weight excluding hydrogens is 714 g/mol. The minimum Gasteiger partial charge on any atom is -0.489 e. The molecule has 5 rings (SSSR count). The molecule has 2 amide bonds. The quantitative estimate of drug-likeness (QED) is 0.0986. The van der Waals surface area contributed by atoms with Gasteiger partial charge in [0.2, 0.25) is 11.8 Å². The lowest BCUT2D eigenvalue weighted by molar-refractivity contribution is -0.133. The number of hydrogen-bond donors (Lipinski definition) is 1. The standard InChI is InChI=1S/C33H35Cl2IN2O4Si/c1-5-13-42-29-12-10-24(36)18-25(29)31-33(27(19-30(39)37-31)21-7-6-8-22(34)16-21)26-11-9-23(35)17-28(26)38(32(33)40)20-41-14-15-43(2,3)4/h5-12,16-18,27,31H,1,13-15,19-20H2,2-4H3,(H,37,39)/t27-,31+,33-/m0/s1. The van der Waals surface area contributed by atoms with Crippen LogP contribution in [0.3, 0.4) is 0 Å². The first kappa shape index (κ1) is 32.0. The van der Waals surface area contributed by atoms with Gasteiger partial charge in [-0.25, -0.2) is 0 Å². The SMILES string of the molecule is C=CCOc1ccc(I)cc1[C@H]1NC(=O)C[C@@H](c2cccc(Cl)c2)[C@]12C(=O)N(COCC[Si](C)(C)C)c1cc(Cl)ccc12. The maximum atomic E-state index is 15.2. The van der Waals surface area contributed by atoms with Crippen molar-refractivity contribution >= 4 is 71.4 Å². The molecule has 3 aromatic carbocycles. The Labute approximate surface area is 277 Å². The smallest absolute Gasteiger partial charge is 0.242 e. The maximum absolute atomic E-state index is 15.2. The normalized spacial score (nSPS) is 21.6. The van der Waals surface area contributed by atoms with Crippen LogP contribution in [0.15, 0.2) is 73.3 Å². The van der Waals surface area contributed by atoms with Crippen LogP contribution in [0.25, 0.3) is 0 Å². The molecule has 6 nitrogen and oxygen atoms in total. The van der Waals surface area contributed by atoms with Gasteiger partial charge in [-0.15, -0.1) is 0 Å². The van der Waals surface area contributed by atoms with Gasteiger partial charge < -0.3 is 14.8 Å². The summed E-state index contributed by atoms with van der Waals surface area (Å²) >= 11 is 15.3. The van der Waals surface area contributed by atoms with Crippen molar-refractivity contribution in [2.24, 2.45) is 0 Å². The van der Waals surface area contributed by atoms with Crippen molar-refractivity contribution in [3.05, 3.63) is 104 Å². The summed E-state index contributed by atoms with van der Waals surface area (Å²) in [4.78, 5) is 30.4. The van der Waals surface area contributed by atoms with Crippen molar-refractivity contribution < 1.29 is 19.1 Å². The average molecular weight is 750 g/mol. The van der Waals surface area contributed by atoms with E-state index in [0.717, 1.165) is 20.7 Å². The zero-order valence-corrected chi connectivity index (χ0v) is 29.1. The lowest BCUT2D eigenvalue weighted by atomic mass is 9.59. The van der Waals surface area contributed by atoms with Crippen LogP contribution in [-0.4, -0.2) is 39.8 Å².